The maximum absolute atomic E-state index is 6.59. The van der Waals surface area contributed by atoms with E-state index in [1.165, 1.54) is 27.1 Å². The first-order valence-corrected chi connectivity index (χ1v) is 14.2. The van der Waals surface area contributed by atoms with Gasteiger partial charge in [0.1, 0.15) is 17.0 Å². The Morgan fingerprint density at radius 3 is 2.00 bits per heavy atom. The smallest absolute Gasteiger partial charge is 0.145 e. The van der Waals surface area contributed by atoms with Gasteiger partial charge in [0.15, 0.2) is 0 Å². The largest absolute Gasteiger partial charge is 0.456 e. The molecule has 0 aliphatic rings. The Bertz CT molecular complexity index is 2440. The van der Waals surface area contributed by atoms with Gasteiger partial charge < -0.3 is 4.42 Å². The van der Waals surface area contributed by atoms with Crippen molar-refractivity contribution in [2.75, 3.05) is 0 Å². The molecule has 0 saturated carbocycles. The van der Waals surface area contributed by atoms with Gasteiger partial charge in [-0.1, -0.05) is 109 Å². The number of hydrogen-bond donors (Lipinski definition) is 0. The average Bonchev–Trinajstić information content (AvgIpc) is 3.38. The number of para-hydroxylation sites is 3. The van der Waals surface area contributed by atoms with Crippen LogP contribution in [0.1, 0.15) is 0 Å². The van der Waals surface area contributed by atoms with Gasteiger partial charge in [0.05, 0.1) is 11.0 Å². The molecule has 0 aliphatic heterocycles. The van der Waals surface area contributed by atoms with Gasteiger partial charge in [-0.05, 0) is 69.1 Å². The minimum Gasteiger partial charge on any atom is -0.456 e. The summed E-state index contributed by atoms with van der Waals surface area (Å²) in [5.74, 6) is 0.932. The molecule has 9 rings (SSSR count). The second-order valence-electron chi connectivity index (χ2n) is 10.8. The van der Waals surface area contributed by atoms with E-state index in [9.17, 15) is 0 Å². The molecule has 2 aromatic heterocycles. The fraction of sp³-hybridized carbons (Fsp3) is 0. The molecule has 0 fully saturated rings. The fourth-order valence-corrected chi connectivity index (χ4v) is 6.53. The van der Waals surface area contributed by atoms with Crippen molar-refractivity contribution < 1.29 is 4.42 Å². The minimum atomic E-state index is 0.890. The molecule has 0 bridgehead atoms. The van der Waals surface area contributed by atoms with Crippen LogP contribution in [-0.2, 0) is 0 Å². The highest BCUT2D eigenvalue weighted by Gasteiger charge is 2.16. The van der Waals surface area contributed by atoms with E-state index in [4.69, 9.17) is 9.40 Å². The predicted octanol–water partition coefficient (Wildman–Crippen LogP) is 10.6. The maximum atomic E-state index is 6.59. The molecule has 2 heterocycles. The number of rotatable bonds is 3. The average molecular weight is 537 g/mol. The van der Waals surface area contributed by atoms with Crippen molar-refractivity contribution in [3.05, 3.63) is 146 Å². The minimum absolute atomic E-state index is 0.890. The van der Waals surface area contributed by atoms with Crippen LogP contribution in [0, 0.1) is 0 Å². The number of benzene rings is 7. The molecule has 196 valence electrons. The molecule has 9 aromatic rings. The Labute approximate surface area is 241 Å². The third-order valence-corrected chi connectivity index (χ3v) is 8.41. The Morgan fingerprint density at radius 2 is 1.14 bits per heavy atom. The van der Waals surface area contributed by atoms with Gasteiger partial charge in [-0.2, -0.15) is 0 Å². The van der Waals surface area contributed by atoms with E-state index in [1.807, 2.05) is 12.1 Å². The van der Waals surface area contributed by atoms with Gasteiger partial charge in [-0.15, -0.1) is 0 Å². The molecule has 0 N–H and O–H groups in total. The number of aromatic nitrogens is 2. The lowest BCUT2D eigenvalue weighted by Gasteiger charge is -2.11. The van der Waals surface area contributed by atoms with Gasteiger partial charge in [0.2, 0.25) is 0 Å². The number of imidazole rings is 1. The molecular formula is C39H24N2O. The van der Waals surface area contributed by atoms with Gasteiger partial charge in [0.25, 0.3) is 0 Å². The third-order valence-electron chi connectivity index (χ3n) is 8.41. The summed E-state index contributed by atoms with van der Waals surface area (Å²) in [5.41, 5.74) is 8.38. The van der Waals surface area contributed by atoms with Gasteiger partial charge >= 0.3 is 0 Å². The molecular weight excluding hydrogens is 512 g/mol. The van der Waals surface area contributed by atoms with Crippen LogP contribution in [-0.4, -0.2) is 9.55 Å². The van der Waals surface area contributed by atoms with Crippen molar-refractivity contribution >= 4 is 54.5 Å². The Hall–Kier alpha value is -5.67. The SMILES string of the molecule is c1ccc(-n2c(-c3ccc(-c4ccc5oc6cccc7cccc(c8cccc4c58)c76)cc3)nc3ccccc32)cc1. The topological polar surface area (TPSA) is 31.0 Å². The van der Waals surface area contributed by atoms with Crippen LogP contribution in [0.3, 0.4) is 0 Å². The molecule has 7 aromatic carbocycles. The maximum Gasteiger partial charge on any atom is 0.145 e. The summed E-state index contributed by atoms with van der Waals surface area (Å²) >= 11 is 0. The molecule has 0 amide bonds. The fourth-order valence-electron chi connectivity index (χ4n) is 6.53. The van der Waals surface area contributed by atoms with Crippen molar-refractivity contribution in [3.8, 4) is 28.2 Å². The standard InChI is InChI=1S/C39H24N2O/c1-2-11-28(12-3-1)41-34-17-5-4-16-33(34)40-39(41)27-21-19-25(20-22-27)29-23-24-36-38-30(29)14-8-15-32(38)31-13-6-9-26-10-7-18-35(42-36)37(26)31/h1-24H. The molecule has 0 aliphatic carbocycles. The van der Waals surface area contributed by atoms with Crippen LogP contribution in [0.4, 0.5) is 0 Å². The van der Waals surface area contributed by atoms with Gasteiger partial charge in [0, 0.05) is 22.0 Å². The van der Waals surface area contributed by atoms with Gasteiger partial charge in [-0.3, -0.25) is 4.57 Å². The highest BCUT2D eigenvalue weighted by molar-refractivity contribution is 6.24. The van der Waals surface area contributed by atoms with Crippen molar-refractivity contribution in [1.29, 1.82) is 0 Å². The van der Waals surface area contributed by atoms with Crippen LogP contribution in [0.5, 0.6) is 0 Å². The number of hydrogen-bond acceptors (Lipinski definition) is 2. The molecule has 42 heavy (non-hydrogen) atoms. The normalized spacial score (nSPS) is 11.8. The molecule has 0 spiro atoms. The zero-order valence-corrected chi connectivity index (χ0v) is 22.7. The van der Waals surface area contributed by atoms with Crippen LogP contribution in [0.15, 0.2) is 150 Å². The molecule has 3 nitrogen and oxygen atoms in total. The first kappa shape index (κ1) is 23.1. The second kappa shape index (κ2) is 8.92. The van der Waals surface area contributed by atoms with E-state index in [-0.39, 0.29) is 0 Å². The summed E-state index contributed by atoms with van der Waals surface area (Å²) in [6, 6.07) is 51.2. The van der Waals surface area contributed by atoms with Crippen LogP contribution >= 0.6 is 0 Å². The lowest BCUT2D eigenvalue weighted by Crippen LogP contribution is -1.97. The van der Waals surface area contributed by atoms with Crippen LogP contribution in [0.25, 0.3) is 82.7 Å². The van der Waals surface area contributed by atoms with E-state index >= 15 is 0 Å². The van der Waals surface area contributed by atoms with E-state index < -0.39 is 0 Å². The van der Waals surface area contributed by atoms with Crippen LogP contribution in [0.2, 0.25) is 0 Å². The zero-order valence-electron chi connectivity index (χ0n) is 22.7. The molecule has 0 saturated heterocycles. The summed E-state index contributed by atoms with van der Waals surface area (Å²) in [7, 11) is 0. The number of fused-ring (bicyclic) bond motifs is 2. The zero-order chi connectivity index (χ0) is 27.6. The lowest BCUT2D eigenvalue weighted by atomic mass is 9.94. The van der Waals surface area contributed by atoms with Crippen molar-refractivity contribution in [3.63, 3.8) is 0 Å². The summed E-state index contributed by atoms with van der Waals surface area (Å²) < 4.78 is 8.83. The summed E-state index contributed by atoms with van der Waals surface area (Å²) in [5, 5.41) is 7.09. The van der Waals surface area contributed by atoms with E-state index in [2.05, 4.69) is 138 Å². The number of nitrogens with zero attached hydrogens (tertiary/aromatic N) is 2. The van der Waals surface area contributed by atoms with Gasteiger partial charge in [-0.25, -0.2) is 4.98 Å². The first-order valence-electron chi connectivity index (χ1n) is 14.2. The Balaban J connectivity index is 1.24. The van der Waals surface area contributed by atoms with Crippen LogP contribution < -0.4 is 0 Å². The quantitative estimate of drug-likeness (QED) is 0.225. The second-order valence-corrected chi connectivity index (χ2v) is 10.8. The van der Waals surface area contributed by atoms with E-state index in [0.29, 0.717) is 0 Å². The first-order chi connectivity index (χ1) is 20.8. The van der Waals surface area contributed by atoms with E-state index in [0.717, 1.165) is 55.6 Å². The van der Waals surface area contributed by atoms with E-state index in [1.54, 1.807) is 0 Å². The van der Waals surface area contributed by atoms with Crippen molar-refractivity contribution in [2.24, 2.45) is 0 Å². The molecule has 0 atom stereocenters. The summed E-state index contributed by atoms with van der Waals surface area (Å²) in [6.45, 7) is 0. The summed E-state index contributed by atoms with van der Waals surface area (Å²) in [4.78, 5) is 5.05. The summed E-state index contributed by atoms with van der Waals surface area (Å²) in [6.07, 6.45) is 0. The lowest BCUT2D eigenvalue weighted by molar-refractivity contribution is 0.664. The molecule has 3 heteroatoms. The Morgan fingerprint density at radius 1 is 0.476 bits per heavy atom. The molecule has 0 unspecified atom stereocenters. The molecule has 0 radical (unpaired) electrons. The highest BCUT2D eigenvalue weighted by Crippen LogP contribution is 2.40. The van der Waals surface area contributed by atoms with Crippen molar-refractivity contribution in [2.45, 2.75) is 0 Å². The Kier molecular flexibility index (Phi) is 4.90. The highest BCUT2D eigenvalue weighted by atomic mass is 16.3. The third kappa shape index (κ3) is 3.37. The predicted molar refractivity (Wildman–Crippen MR) is 174 cm³/mol. The monoisotopic (exact) mass is 536 g/mol. The van der Waals surface area contributed by atoms with Crippen molar-refractivity contribution in [1.82, 2.24) is 9.55 Å².